The van der Waals surface area contributed by atoms with Gasteiger partial charge in [-0.15, -0.1) is 0 Å². The van der Waals surface area contributed by atoms with Gasteiger partial charge in [0.2, 0.25) is 10.0 Å². The molecule has 4 aromatic rings. The molecule has 0 aliphatic carbocycles. The quantitative estimate of drug-likeness (QED) is 0.311. The van der Waals surface area contributed by atoms with E-state index < -0.39 is 20.1 Å². The SMILES string of the molecule is CS(=O)(=O)Nc1ccc(Nc2c3ccccc3nc3ccccc23)cc1.CS(=O)(=O)O. The van der Waals surface area contributed by atoms with Crippen LogP contribution in [0.4, 0.5) is 17.1 Å². The molecule has 0 aliphatic heterocycles. The van der Waals surface area contributed by atoms with Gasteiger partial charge in [0.15, 0.2) is 0 Å². The molecule has 0 fully saturated rings. The predicted molar refractivity (Wildman–Crippen MR) is 125 cm³/mol. The number of para-hydroxylation sites is 2. The zero-order valence-corrected chi connectivity index (χ0v) is 18.4. The van der Waals surface area contributed by atoms with Crippen LogP contribution in [0.25, 0.3) is 21.8 Å². The number of rotatable bonds is 4. The van der Waals surface area contributed by atoms with E-state index in [2.05, 4.69) is 10.0 Å². The fourth-order valence-electron chi connectivity index (χ4n) is 2.95. The third-order valence-electron chi connectivity index (χ3n) is 4.05. The second kappa shape index (κ2) is 8.88. The van der Waals surface area contributed by atoms with Crippen LogP contribution >= 0.6 is 0 Å². The average molecular weight is 460 g/mol. The molecule has 0 bridgehead atoms. The molecule has 0 atom stereocenters. The minimum absolute atomic E-state index is 0.530. The summed E-state index contributed by atoms with van der Waals surface area (Å²) in [5.74, 6) is 0. The van der Waals surface area contributed by atoms with Crippen molar-refractivity contribution in [3.63, 3.8) is 0 Å². The monoisotopic (exact) mass is 459 g/mol. The van der Waals surface area contributed by atoms with E-state index in [0.717, 1.165) is 39.4 Å². The van der Waals surface area contributed by atoms with Crippen molar-refractivity contribution in [3.05, 3.63) is 72.8 Å². The number of hydrogen-bond acceptors (Lipinski definition) is 6. The molecule has 3 aromatic carbocycles. The van der Waals surface area contributed by atoms with Gasteiger partial charge in [0.05, 0.1) is 29.2 Å². The summed E-state index contributed by atoms with van der Waals surface area (Å²) >= 11 is 0. The molecule has 1 heterocycles. The van der Waals surface area contributed by atoms with E-state index >= 15 is 0 Å². The van der Waals surface area contributed by atoms with E-state index in [1.54, 1.807) is 12.1 Å². The largest absolute Gasteiger partial charge is 0.354 e. The van der Waals surface area contributed by atoms with Gasteiger partial charge >= 0.3 is 0 Å². The van der Waals surface area contributed by atoms with Crippen molar-refractivity contribution >= 4 is 59.0 Å². The van der Waals surface area contributed by atoms with E-state index in [1.165, 1.54) is 0 Å². The molecule has 4 rings (SSSR count). The highest BCUT2D eigenvalue weighted by molar-refractivity contribution is 7.92. The first-order valence-corrected chi connectivity index (χ1v) is 12.8. The first kappa shape index (κ1) is 22.5. The highest BCUT2D eigenvalue weighted by Crippen LogP contribution is 2.33. The van der Waals surface area contributed by atoms with Gasteiger partial charge in [0, 0.05) is 22.1 Å². The Morgan fingerprint density at radius 2 is 1.13 bits per heavy atom. The Bertz CT molecular complexity index is 1370. The topological polar surface area (TPSA) is 125 Å². The smallest absolute Gasteiger partial charge is 0.261 e. The van der Waals surface area contributed by atoms with E-state index in [9.17, 15) is 16.8 Å². The van der Waals surface area contributed by atoms with Crippen LogP contribution in [0.5, 0.6) is 0 Å². The highest BCUT2D eigenvalue weighted by Gasteiger charge is 2.09. The van der Waals surface area contributed by atoms with E-state index in [0.29, 0.717) is 11.9 Å². The molecule has 0 unspecified atom stereocenters. The summed E-state index contributed by atoms with van der Waals surface area (Å²) in [6, 6.07) is 23.1. The van der Waals surface area contributed by atoms with Gasteiger partial charge in [-0.05, 0) is 36.4 Å². The fourth-order valence-corrected chi connectivity index (χ4v) is 3.52. The predicted octanol–water partition coefficient (Wildman–Crippen LogP) is 4.01. The molecule has 10 heteroatoms. The van der Waals surface area contributed by atoms with Crippen LogP contribution in [-0.2, 0) is 20.1 Å². The normalized spacial score (nSPS) is 11.6. The Balaban J connectivity index is 0.000000491. The summed E-state index contributed by atoms with van der Waals surface area (Å²) in [6.45, 7) is 0. The lowest BCUT2D eigenvalue weighted by molar-refractivity contribution is 0.490. The van der Waals surface area contributed by atoms with Crippen LogP contribution in [-0.4, -0.2) is 38.9 Å². The number of benzene rings is 3. The number of nitrogens with zero attached hydrogens (tertiary/aromatic N) is 1. The molecule has 8 nitrogen and oxygen atoms in total. The van der Waals surface area contributed by atoms with Gasteiger partial charge < -0.3 is 5.32 Å². The molecule has 0 saturated heterocycles. The Labute approximate surface area is 180 Å². The summed E-state index contributed by atoms with van der Waals surface area (Å²) in [7, 11) is -6.95. The maximum absolute atomic E-state index is 11.3. The summed E-state index contributed by atoms with van der Waals surface area (Å²) in [4.78, 5) is 4.72. The second-order valence-corrected chi connectivity index (χ2v) is 10.0. The molecular weight excluding hydrogens is 438 g/mol. The maximum atomic E-state index is 11.3. The van der Waals surface area contributed by atoms with Crippen molar-refractivity contribution in [1.29, 1.82) is 0 Å². The Morgan fingerprint density at radius 1 is 0.710 bits per heavy atom. The van der Waals surface area contributed by atoms with Crippen molar-refractivity contribution in [2.75, 3.05) is 22.6 Å². The minimum atomic E-state index is -3.67. The Kier molecular flexibility index (Phi) is 6.44. The average Bonchev–Trinajstić information content (AvgIpc) is 2.67. The second-order valence-electron chi connectivity index (χ2n) is 6.83. The number of fused-ring (bicyclic) bond motifs is 2. The number of pyridine rings is 1. The van der Waals surface area contributed by atoms with Crippen molar-refractivity contribution in [1.82, 2.24) is 4.98 Å². The van der Waals surface area contributed by atoms with Crippen LogP contribution in [0.1, 0.15) is 0 Å². The summed E-state index contributed by atoms with van der Waals surface area (Å²) < 4.78 is 51.0. The molecule has 3 N–H and O–H groups in total. The Hall–Kier alpha value is -3.21. The van der Waals surface area contributed by atoms with Crippen molar-refractivity contribution in [2.24, 2.45) is 0 Å². The maximum Gasteiger partial charge on any atom is 0.261 e. The van der Waals surface area contributed by atoms with Gasteiger partial charge in [-0.2, -0.15) is 8.42 Å². The van der Waals surface area contributed by atoms with Crippen LogP contribution in [0.3, 0.4) is 0 Å². The molecule has 162 valence electrons. The lowest BCUT2D eigenvalue weighted by Crippen LogP contribution is -2.09. The van der Waals surface area contributed by atoms with Crippen molar-refractivity contribution in [3.8, 4) is 0 Å². The third kappa shape index (κ3) is 6.64. The van der Waals surface area contributed by atoms with Crippen LogP contribution < -0.4 is 10.0 Å². The molecule has 0 spiro atoms. The molecule has 0 radical (unpaired) electrons. The molecule has 1 aromatic heterocycles. The number of sulfonamides is 1. The first-order chi connectivity index (χ1) is 14.5. The van der Waals surface area contributed by atoms with Gasteiger partial charge in [-0.1, -0.05) is 36.4 Å². The Morgan fingerprint density at radius 3 is 1.58 bits per heavy atom. The molecule has 31 heavy (non-hydrogen) atoms. The summed E-state index contributed by atoms with van der Waals surface area (Å²) in [5.41, 5.74) is 4.22. The molecular formula is C21H21N3O5S2. The molecule has 0 aliphatic rings. The minimum Gasteiger partial charge on any atom is -0.354 e. The van der Waals surface area contributed by atoms with Crippen LogP contribution in [0, 0.1) is 0 Å². The van der Waals surface area contributed by atoms with Crippen molar-refractivity contribution in [2.45, 2.75) is 0 Å². The van der Waals surface area contributed by atoms with Gasteiger partial charge in [0.25, 0.3) is 10.1 Å². The first-order valence-electron chi connectivity index (χ1n) is 9.04. The summed E-state index contributed by atoms with van der Waals surface area (Å²) in [5, 5.41) is 5.53. The fraction of sp³-hybridized carbons (Fsp3) is 0.0952. The van der Waals surface area contributed by atoms with Crippen LogP contribution in [0.15, 0.2) is 72.8 Å². The van der Waals surface area contributed by atoms with Gasteiger partial charge in [-0.25, -0.2) is 13.4 Å². The number of hydrogen-bond donors (Lipinski definition) is 3. The van der Waals surface area contributed by atoms with Gasteiger partial charge in [0.1, 0.15) is 0 Å². The van der Waals surface area contributed by atoms with Gasteiger partial charge in [-0.3, -0.25) is 9.27 Å². The standard InChI is InChI=1S/C20H17N3O2S.CH4O3S/c1-26(24,25)23-15-12-10-14(11-13-15)21-20-16-6-2-4-8-18(16)22-19-9-5-3-7-17(19)20;1-5(2,3)4/h2-13,23H,1H3,(H,21,22);1H3,(H,2,3,4). The van der Waals surface area contributed by atoms with E-state index in [-0.39, 0.29) is 0 Å². The van der Waals surface area contributed by atoms with E-state index in [4.69, 9.17) is 9.54 Å². The molecule has 0 amide bonds. The highest BCUT2D eigenvalue weighted by atomic mass is 32.2. The summed E-state index contributed by atoms with van der Waals surface area (Å²) in [6.07, 6.45) is 1.85. The van der Waals surface area contributed by atoms with Crippen LogP contribution in [0.2, 0.25) is 0 Å². The van der Waals surface area contributed by atoms with E-state index in [1.807, 2.05) is 60.7 Å². The van der Waals surface area contributed by atoms with Crippen molar-refractivity contribution < 1.29 is 21.4 Å². The lowest BCUT2D eigenvalue weighted by atomic mass is 10.1. The third-order valence-corrected chi connectivity index (χ3v) is 4.65. The number of aromatic nitrogens is 1. The number of nitrogens with one attached hydrogen (secondary N) is 2. The molecule has 0 saturated carbocycles. The number of anilines is 3. The zero-order chi connectivity index (χ0) is 22.6. The zero-order valence-electron chi connectivity index (χ0n) is 16.8. The lowest BCUT2D eigenvalue weighted by Gasteiger charge is -2.14.